The maximum Gasteiger partial charge on any atom is 0.0438 e. The molecule has 0 radical (unpaired) electrons. The second-order valence-corrected chi connectivity index (χ2v) is 3.35. The lowest BCUT2D eigenvalue weighted by molar-refractivity contribution is 1.38. The van der Waals surface area contributed by atoms with E-state index in [9.17, 15) is 0 Å². The summed E-state index contributed by atoms with van der Waals surface area (Å²) in [5.74, 6) is 0. The van der Waals surface area contributed by atoms with Crippen molar-refractivity contribution in [3.63, 3.8) is 0 Å². The van der Waals surface area contributed by atoms with Crippen LogP contribution >= 0.6 is 15.9 Å². The molecule has 0 spiro atoms. The molecule has 64 valence electrons. The molecule has 0 saturated heterocycles. The predicted octanol–water partition coefficient (Wildman–Crippen LogP) is 2.80. The predicted molar refractivity (Wildman–Crippen MR) is 56.3 cm³/mol. The van der Waals surface area contributed by atoms with Crippen LogP contribution < -0.4 is 5.32 Å². The highest BCUT2D eigenvalue weighted by atomic mass is 79.9. The maximum absolute atomic E-state index is 7.23. The fourth-order valence-electron chi connectivity index (χ4n) is 1.06. The van der Waals surface area contributed by atoms with Crippen LogP contribution in [0.15, 0.2) is 16.6 Å². The van der Waals surface area contributed by atoms with Gasteiger partial charge in [-0.15, -0.1) is 0 Å². The van der Waals surface area contributed by atoms with Gasteiger partial charge < -0.3 is 10.7 Å². The van der Waals surface area contributed by atoms with Crippen LogP contribution in [0.4, 0.5) is 5.69 Å². The van der Waals surface area contributed by atoms with E-state index in [2.05, 4.69) is 21.2 Å². The van der Waals surface area contributed by atoms with Crippen molar-refractivity contribution in [3.8, 4) is 0 Å². The molecule has 0 unspecified atom stereocenters. The molecule has 12 heavy (non-hydrogen) atoms. The Morgan fingerprint density at radius 2 is 2.17 bits per heavy atom. The molecule has 1 rings (SSSR count). The molecule has 2 N–H and O–H groups in total. The average Bonchev–Trinajstić information content (AvgIpc) is 2.09. The van der Waals surface area contributed by atoms with Gasteiger partial charge >= 0.3 is 0 Å². The van der Waals surface area contributed by atoms with Crippen molar-refractivity contribution in [2.24, 2.45) is 0 Å². The average molecular weight is 227 g/mol. The molecule has 2 nitrogen and oxygen atoms in total. The zero-order valence-electron chi connectivity index (χ0n) is 7.11. The SMILES string of the molecule is CNc1ccc(C)c(Br)c1C=N. The first-order valence-corrected chi connectivity index (χ1v) is 4.47. The minimum absolute atomic E-state index is 0.900. The Bertz CT molecular complexity index is 308. The number of hydrogen-bond donors (Lipinski definition) is 2. The second kappa shape index (κ2) is 3.72. The Balaban J connectivity index is 3.35. The Morgan fingerprint density at radius 3 is 2.67 bits per heavy atom. The van der Waals surface area contributed by atoms with Crippen molar-refractivity contribution < 1.29 is 0 Å². The first kappa shape index (κ1) is 9.26. The number of rotatable bonds is 2. The Labute approximate surface area is 80.6 Å². The van der Waals surface area contributed by atoms with E-state index >= 15 is 0 Å². The van der Waals surface area contributed by atoms with Gasteiger partial charge in [0.25, 0.3) is 0 Å². The molecule has 0 aromatic heterocycles. The van der Waals surface area contributed by atoms with Crippen molar-refractivity contribution >= 4 is 27.8 Å². The molecule has 1 aromatic carbocycles. The van der Waals surface area contributed by atoms with E-state index < -0.39 is 0 Å². The number of hydrogen-bond acceptors (Lipinski definition) is 2. The summed E-state index contributed by atoms with van der Waals surface area (Å²) >= 11 is 3.44. The van der Waals surface area contributed by atoms with Crippen molar-refractivity contribution in [3.05, 3.63) is 27.7 Å². The molecule has 3 heteroatoms. The van der Waals surface area contributed by atoms with E-state index in [0.29, 0.717) is 0 Å². The van der Waals surface area contributed by atoms with Gasteiger partial charge in [0, 0.05) is 29.0 Å². The highest BCUT2D eigenvalue weighted by molar-refractivity contribution is 9.10. The Hall–Kier alpha value is -0.830. The van der Waals surface area contributed by atoms with Gasteiger partial charge in [-0.05, 0) is 34.5 Å². The van der Waals surface area contributed by atoms with Gasteiger partial charge in [-0.3, -0.25) is 0 Å². The molecule has 0 fully saturated rings. The molecule has 0 bridgehead atoms. The van der Waals surface area contributed by atoms with Gasteiger partial charge in [-0.1, -0.05) is 6.07 Å². The van der Waals surface area contributed by atoms with Crippen molar-refractivity contribution in [2.75, 3.05) is 12.4 Å². The van der Waals surface area contributed by atoms with E-state index in [4.69, 9.17) is 5.41 Å². The third kappa shape index (κ3) is 1.50. The van der Waals surface area contributed by atoms with Crippen LogP contribution in [0, 0.1) is 12.3 Å². The summed E-state index contributed by atoms with van der Waals surface area (Å²) < 4.78 is 0.990. The van der Waals surface area contributed by atoms with E-state index in [1.165, 1.54) is 6.21 Å². The van der Waals surface area contributed by atoms with Crippen molar-refractivity contribution in [1.82, 2.24) is 0 Å². The fourth-order valence-corrected chi connectivity index (χ4v) is 1.52. The highest BCUT2D eigenvalue weighted by Crippen LogP contribution is 2.26. The van der Waals surface area contributed by atoms with Crippen molar-refractivity contribution in [1.29, 1.82) is 5.41 Å². The Kier molecular flexibility index (Phi) is 2.87. The van der Waals surface area contributed by atoms with Crippen LogP contribution in [0.1, 0.15) is 11.1 Å². The Morgan fingerprint density at radius 1 is 1.50 bits per heavy atom. The van der Waals surface area contributed by atoms with E-state index in [1.807, 2.05) is 26.1 Å². The molecular formula is C9H11BrN2. The van der Waals surface area contributed by atoms with E-state index in [-0.39, 0.29) is 0 Å². The summed E-state index contributed by atoms with van der Waals surface area (Å²) in [5, 5.41) is 10.3. The lowest BCUT2D eigenvalue weighted by atomic mass is 10.1. The largest absolute Gasteiger partial charge is 0.388 e. The molecular weight excluding hydrogens is 216 g/mol. The standard InChI is InChI=1S/C9H11BrN2/c1-6-3-4-8(12-2)7(5-11)9(6)10/h3-5,11-12H,1-2H3. The first-order chi connectivity index (χ1) is 5.70. The van der Waals surface area contributed by atoms with Crippen LogP contribution in [0.2, 0.25) is 0 Å². The lowest BCUT2D eigenvalue weighted by Gasteiger charge is -2.08. The monoisotopic (exact) mass is 226 g/mol. The fraction of sp³-hybridized carbons (Fsp3) is 0.222. The van der Waals surface area contributed by atoms with Crippen LogP contribution in [0.3, 0.4) is 0 Å². The molecule has 0 atom stereocenters. The number of halogens is 1. The first-order valence-electron chi connectivity index (χ1n) is 3.68. The van der Waals surface area contributed by atoms with Gasteiger partial charge in [0.05, 0.1) is 0 Å². The summed E-state index contributed by atoms with van der Waals surface area (Å²) in [6, 6.07) is 3.99. The minimum atomic E-state index is 0.900. The number of benzene rings is 1. The molecule has 0 saturated carbocycles. The molecule has 0 aliphatic carbocycles. The van der Waals surface area contributed by atoms with Crippen LogP contribution in [-0.2, 0) is 0 Å². The number of aryl methyl sites for hydroxylation is 1. The summed E-state index contributed by atoms with van der Waals surface area (Å²) in [6.07, 6.45) is 1.35. The molecule has 0 aliphatic heterocycles. The van der Waals surface area contributed by atoms with E-state index in [1.54, 1.807) is 0 Å². The smallest absolute Gasteiger partial charge is 0.0438 e. The van der Waals surface area contributed by atoms with Crippen molar-refractivity contribution in [2.45, 2.75) is 6.92 Å². The summed E-state index contributed by atoms with van der Waals surface area (Å²) in [7, 11) is 1.85. The van der Waals surface area contributed by atoms with Gasteiger partial charge in [0.2, 0.25) is 0 Å². The molecule has 0 heterocycles. The van der Waals surface area contributed by atoms with Gasteiger partial charge in [0.1, 0.15) is 0 Å². The summed E-state index contributed by atoms with van der Waals surface area (Å²) in [6.45, 7) is 2.01. The van der Waals surface area contributed by atoms with Crippen LogP contribution in [0.5, 0.6) is 0 Å². The number of anilines is 1. The zero-order valence-corrected chi connectivity index (χ0v) is 8.70. The van der Waals surface area contributed by atoms with Gasteiger partial charge in [0.15, 0.2) is 0 Å². The van der Waals surface area contributed by atoms with Crippen LogP contribution in [0.25, 0.3) is 0 Å². The second-order valence-electron chi connectivity index (χ2n) is 2.55. The zero-order chi connectivity index (χ0) is 9.14. The van der Waals surface area contributed by atoms with Gasteiger partial charge in [-0.25, -0.2) is 0 Å². The topological polar surface area (TPSA) is 35.9 Å². The third-order valence-corrected chi connectivity index (χ3v) is 2.84. The van der Waals surface area contributed by atoms with Crippen LogP contribution in [-0.4, -0.2) is 13.3 Å². The quantitative estimate of drug-likeness (QED) is 0.748. The summed E-state index contributed by atoms with van der Waals surface area (Å²) in [4.78, 5) is 0. The third-order valence-electron chi connectivity index (χ3n) is 1.79. The minimum Gasteiger partial charge on any atom is -0.388 e. The highest BCUT2D eigenvalue weighted by Gasteiger charge is 2.04. The molecule has 0 aliphatic rings. The van der Waals surface area contributed by atoms with E-state index in [0.717, 1.165) is 21.3 Å². The number of nitrogens with one attached hydrogen (secondary N) is 2. The molecule has 0 amide bonds. The normalized spacial score (nSPS) is 9.58. The lowest BCUT2D eigenvalue weighted by Crippen LogP contribution is -1.96. The summed E-state index contributed by atoms with van der Waals surface area (Å²) in [5.41, 5.74) is 3.02. The maximum atomic E-state index is 7.23. The molecule has 1 aromatic rings. The van der Waals surface area contributed by atoms with Gasteiger partial charge in [-0.2, -0.15) is 0 Å².